The lowest BCUT2D eigenvalue weighted by Gasteiger charge is -2.15. The molecule has 1 saturated heterocycles. The molecule has 0 unspecified atom stereocenters. The molecule has 2 rings (SSSR count). The molecular weight excluding hydrogens is 268 g/mol. The van der Waals surface area contributed by atoms with Crippen LogP contribution in [0.5, 0.6) is 5.75 Å². The molecule has 3 N–H and O–H groups in total. The molecule has 106 valence electrons. The number of rotatable bonds is 5. The molecule has 0 bridgehead atoms. The van der Waals surface area contributed by atoms with Crippen LogP contribution in [-0.4, -0.2) is 49.4 Å². The minimum absolute atomic E-state index is 0.0678. The molecular formula is C12H18N2O4S. The van der Waals surface area contributed by atoms with Gasteiger partial charge in [0.15, 0.2) is 0 Å². The Morgan fingerprint density at radius 1 is 1.47 bits per heavy atom. The highest BCUT2D eigenvalue weighted by atomic mass is 32.2. The number of sulfonamides is 1. The van der Waals surface area contributed by atoms with Crippen molar-refractivity contribution in [1.29, 1.82) is 0 Å². The summed E-state index contributed by atoms with van der Waals surface area (Å²) in [5, 5.41) is 9.35. The van der Waals surface area contributed by atoms with E-state index in [0.717, 1.165) is 0 Å². The van der Waals surface area contributed by atoms with Gasteiger partial charge >= 0.3 is 0 Å². The van der Waals surface area contributed by atoms with Gasteiger partial charge in [0, 0.05) is 24.8 Å². The highest BCUT2D eigenvalue weighted by Gasteiger charge is 2.29. The van der Waals surface area contributed by atoms with E-state index in [4.69, 9.17) is 10.5 Å². The van der Waals surface area contributed by atoms with Crippen molar-refractivity contribution in [3.63, 3.8) is 0 Å². The molecule has 1 aromatic carbocycles. The van der Waals surface area contributed by atoms with Crippen molar-refractivity contribution in [3.8, 4) is 5.75 Å². The average Bonchev–Trinajstić information content (AvgIpc) is 2.76. The average molecular weight is 286 g/mol. The number of anilines is 1. The van der Waals surface area contributed by atoms with Gasteiger partial charge in [0.05, 0.1) is 11.9 Å². The predicted octanol–water partition coefficient (Wildman–Crippen LogP) is 0.0440. The Labute approximate surface area is 112 Å². The summed E-state index contributed by atoms with van der Waals surface area (Å²) in [6.07, 6.45) is -0.0559. The van der Waals surface area contributed by atoms with E-state index in [1.165, 1.54) is 4.31 Å². The van der Waals surface area contributed by atoms with E-state index in [2.05, 4.69) is 0 Å². The second-order valence-electron chi connectivity index (χ2n) is 4.54. The van der Waals surface area contributed by atoms with Crippen LogP contribution in [0.1, 0.15) is 6.42 Å². The molecule has 19 heavy (non-hydrogen) atoms. The third-order valence-corrected chi connectivity index (χ3v) is 4.79. The normalized spacial score (nSPS) is 20.6. The molecule has 1 aromatic rings. The van der Waals surface area contributed by atoms with Crippen molar-refractivity contribution < 1.29 is 18.3 Å². The standard InChI is InChI=1S/C12H18N2O4S/c13-10-2-1-3-12(8-10)18-6-7-19(16,17)14-5-4-11(15)9-14/h1-3,8,11,15H,4-7,9,13H2/t11-/m1/s1. The zero-order valence-electron chi connectivity index (χ0n) is 10.5. The zero-order chi connectivity index (χ0) is 13.9. The third-order valence-electron chi connectivity index (χ3n) is 2.99. The fourth-order valence-electron chi connectivity index (χ4n) is 1.96. The maximum absolute atomic E-state index is 11.9. The van der Waals surface area contributed by atoms with Crippen molar-refractivity contribution in [2.24, 2.45) is 0 Å². The Hall–Kier alpha value is -1.31. The van der Waals surface area contributed by atoms with E-state index in [0.29, 0.717) is 24.4 Å². The van der Waals surface area contributed by atoms with Gasteiger partial charge in [-0.3, -0.25) is 0 Å². The first kappa shape index (κ1) is 14.1. The molecule has 0 aromatic heterocycles. The lowest BCUT2D eigenvalue weighted by molar-refractivity contribution is 0.189. The largest absolute Gasteiger partial charge is 0.492 e. The summed E-state index contributed by atoms with van der Waals surface area (Å²) in [6.45, 7) is 0.626. The van der Waals surface area contributed by atoms with Crippen molar-refractivity contribution in [2.75, 3.05) is 31.2 Å². The first-order valence-corrected chi connectivity index (χ1v) is 7.72. The van der Waals surface area contributed by atoms with Crippen LogP contribution >= 0.6 is 0 Å². The number of nitrogen functional groups attached to an aromatic ring is 1. The zero-order valence-corrected chi connectivity index (χ0v) is 11.3. The van der Waals surface area contributed by atoms with Gasteiger partial charge in [0.25, 0.3) is 0 Å². The molecule has 1 aliphatic heterocycles. The van der Waals surface area contributed by atoms with E-state index < -0.39 is 16.1 Å². The summed E-state index contributed by atoms with van der Waals surface area (Å²) in [5.74, 6) is 0.450. The van der Waals surface area contributed by atoms with Crippen molar-refractivity contribution in [3.05, 3.63) is 24.3 Å². The third kappa shape index (κ3) is 3.82. The molecule has 1 fully saturated rings. The molecule has 0 saturated carbocycles. The minimum atomic E-state index is -3.36. The number of β-amino-alcohol motifs (C(OH)–C–C–N with tert-alkyl or cyclic N) is 1. The van der Waals surface area contributed by atoms with E-state index in [1.54, 1.807) is 24.3 Å². The van der Waals surface area contributed by atoms with Crippen LogP contribution in [0.25, 0.3) is 0 Å². The number of aliphatic hydroxyl groups is 1. The summed E-state index contributed by atoms with van der Waals surface area (Å²) in [5.41, 5.74) is 6.17. The number of benzene rings is 1. The topological polar surface area (TPSA) is 92.9 Å². The van der Waals surface area contributed by atoms with Gasteiger partial charge in [0.2, 0.25) is 10.0 Å². The van der Waals surface area contributed by atoms with Crippen LogP contribution in [0, 0.1) is 0 Å². The predicted molar refractivity (Wildman–Crippen MR) is 72.3 cm³/mol. The van der Waals surface area contributed by atoms with Gasteiger partial charge < -0.3 is 15.6 Å². The van der Waals surface area contributed by atoms with E-state index in [1.807, 2.05) is 0 Å². The maximum Gasteiger partial charge on any atom is 0.217 e. The van der Waals surface area contributed by atoms with Gasteiger partial charge in [0.1, 0.15) is 12.4 Å². The van der Waals surface area contributed by atoms with Crippen LogP contribution in [0.4, 0.5) is 5.69 Å². The fraction of sp³-hybridized carbons (Fsp3) is 0.500. The second kappa shape index (κ2) is 5.77. The van der Waals surface area contributed by atoms with Gasteiger partial charge in [-0.15, -0.1) is 0 Å². The minimum Gasteiger partial charge on any atom is -0.492 e. The number of ether oxygens (including phenoxy) is 1. The molecule has 1 heterocycles. The summed E-state index contributed by atoms with van der Waals surface area (Å²) in [4.78, 5) is 0. The fourth-order valence-corrected chi connectivity index (χ4v) is 3.30. The first-order chi connectivity index (χ1) is 8.97. The molecule has 1 aliphatic rings. The van der Waals surface area contributed by atoms with Crippen LogP contribution < -0.4 is 10.5 Å². The van der Waals surface area contributed by atoms with Gasteiger partial charge in [-0.2, -0.15) is 4.31 Å². The van der Waals surface area contributed by atoms with Crippen LogP contribution in [0.15, 0.2) is 24.3 Å². The van der Waals surface area contributed by atoms with Crippen molar-refractivity contribution >= 4 is 15.7 Å². The Balaban J connectivity index is 1.85. The van der Waals surface area contributed by atoms with Gasteiger partial charge in [-0.1, -0.05) is 6.07 Å². The number of hydrogen-bond acceptors (Lipinski definition) is 5. The highest BCUT2D eigenvalue weighted by molar-refractivity contribution is 7.89. The highest BCUT2D eigenvalue weighted by Crippen LogP contribution is 2.16. The van der Waals surface area contributed by atoms with E-state index >= 15 is 0 Å². The Morgan fingerprint density at radius 2 is 2.26 bits per heavy atom. The number of nitrogens with zero attached hydrogens (tertiary/aromatic N) is 1. The molecule has 0 amide bonds. The Bertz CT molecular complexity index is 532. The molecule has 7 heteroatoms. The molecule has 0 radical (unpaired) electrons. The number of nitrogens with two attached hydrogens (primary N) is 1. The number of aliphatic hydroxyl groups excluding tert-OH is 1. The Morgan fingerprint density at radius 3 is 2.89 bits per heavy atom. The lowest BCUT2D eigenvalue weighted by Crippen LogP contribution is -2.33. The SMILES string of the molecule is Nc1cccc(OCCS(=O)(=O)N2CC[C@@H](O)C2)c1. The number of hydrogen-bond donors (Lipinski definition) is 2. The summed E-state index contributed by atoms with van der Waals surface area (Å²) < 4.78 is 30.6. The van der Waals surface area contributed by atoms with Crippen LogP contribution in [0.3, 0.4) is 0 Å². The smallest absolute Gasteiger partial charge is 0.217 e. The summed E-state index contributed by atoms with van der Waals surface area (Å²) in [6, 6.07) is 6.85. The monoisotopic (exact) mass is 286 g/mol. The van der Waals surface area contributed by atoms with Gasteiger partial charge in [-0.25, -0.2) is 8.42 Å². The van der Waals surface area contributed by atoms with Crippen LogP contribution in [0.2, 0.25) is 0 Å². The van der Waals surface area contributed by atoms with Crippen LogP contribution in [-0.2, 0) is 10.0 Å². The maximum atomic E-state index is 11.9. The quantitative estimate of drug-likeness (QED) is 0.746. The second-order valence-corrected chi connectivity index (χ2v) is 6.63. The molecule has 0 aliphatic carbocycles. The lowest BCUT2D eigenvalue weighted by atomic mass is 10.3. The van der Waals surface area contributed by atoms with Crippen molar-refractivity contribution in [1.82, 2.24) is 4.31 Å². The molecule has 1 atom stereocenters. The Kier molecular flexibility index (Phi) is 4.28. The van der Waals surface area contributed by atoms with Crippen molar-refractivity contribution in [2.45, 2.75) is 12.5 Å². The van der Waals surface area contributed by atoms with E-state index in [9.17, 15) is 13.5 Å². The molecule has 6 nitrogen and oxygen atoms in total. The first-order valence-electron chi connectivity index (χ1n) is 6.11. The summed E-state index contributed by atoms with van der Waals surface area (Å²) in [7, 11) is -3.36. The van der Waals surface area contributed by atoms with E-state index in [-0.39, 0.29) is 18.9 Å². The molecule has 0 spiro atoms. The summed E-state index contributed by atoms with van der Waals surface area (Å²) >= 11 is 0. The van der Waals surface area contributed by atoms with Gasteiger partial charge in [-0.05, 0) is 18.6 Å².